The third-order valence-electron chi connectivity index (χ3n) is 2.04. The molecule has 0 aliphatic heterocycles. The maximum Gasteiger partial charge on any atom is 0.407 e. The van der Waals surface area contributed by atoms with Crippen molar-refractivity contribution in [1.82, 2.24) is 15.3 Å². The smallest absolute Gasteiger partial charge is 0.407 e. The number of nitrogens with zero attached hydrogens (tertiary/aromatic N) is 2. The number of aromatic nitrogens is 2. The minimum atomic E-state index is -0.500. The van der Waals surface area contributed by atoms with Crippen molar-refractivity contribution in [2.24, 2.45) is 0 Å². The lowest BCUT2D eigenvalue weighted by molar-refractivity contribution is 0.0529. The molecule has 0 aromatic carbocycles. The van der Waals surface area contributed by atoms with Crippen molar-refractivity contribution in [3.05, 3.63) is 16.9 Å². The summed E-state index contributed by atoms with van der Waals surface area (Å²) in [6.45, 7) is 5.84. The van der Waals surface area contributed by atoms with Gasteiger partial charge in [-0.05, 0) is 27.0 Å². The molecule has 1 heterocycles. The Kier molecular flexibility index (Phi) is 6.79. The molecule has 21 heavy (non-hydrogen) atoms. The average molecular weight is 328 g/mol. The second-order valence-corrected chi connectivity index (χ2v) is 6.17. The Morgan fingerprint density at radius 1 is 1.52 bits per heavy atom. The number of carbonyl (C=O) groups excluding carboxylic acids is 1. The van der Waals surface area contributed by atoms with Gasteiger partial charge < -0.3 is 10.1 Å². The Morgan fingerprint density at radius 2 is 2.24 bits per heavy atom. The van der Waals surface area contributed by atoms with Gasteiger partial charge in [-0.25, -0.2) is 14.8 Å². The maximum atomic E-state index is 11.4. The molecule has 0 saturated carbocycles. The zero-order chi connectivity index (χ0) is 15.9. The Hall–Kier alpha value is -1.45. The van der Waals surface area contributed by atoms with Crippen molar-refractivity contribution in [1.29, 1.82) is 0 Å². The van der Waals surface area contributed by atoms with Gasteiger partial charge in [0.2, 0.25) is 0 Å². The third-order valence-corrected chi connectivity index (χ3v) is 2.89. The Morgan fingerprint density at radius 3 is 2.81 bits per heavy atom. The van der Waals surface area contributed by atoms with Crippen molar-refractivity contribution < 1.29 is 9.53 Å². The zero-order valence-corrected chi connectivity index (χ0v) is 14.1. The van der Waals surface area contributed by atoms with Crippen LogP contribution < -0.4 is 5.32 Å². The minimum absolute atomic E-state index is 0.335. The van der Waals surface area contributed by atoms with Crippen LogP contribution in [0.4, 0.5) is 4.79 Å². The van der Waals surface area contributed by atoms with Gasteiger partial charge in [-0.2, -0.15) is 0 Å². The molecule has 1 N–H and O–H groups in total. The number of hydrogen-bond acceptors (Lipinski definition) is 5. The van der Waals surface area contributed by atoms with Gasteiger partial charge in [-0.1, -0.05) is 35.2 Å². The molecule has 0 saturated heterocycles. The van der Waals surface area contributed by atoms with E-state index in [-0.39, 0.29) is 0 Å². The molecule has 0 fully saturated rings. The topological polar surface area (TPSA) is 64.1 Å². The van der Waals surface area contributed by atoms with E-state index >= 15 is 0 Å². The summed E-state index contributed by atoms with van der Waals surface area (Å²) in [5, 5.41) is 3.57. The highest BCUT2D eigenvalue weighted by Gasteiger charge is 2.15. The lowest BCUT2D eigenvalue weighted by atomic mass is 10.2. The summed E-state index contributed by atoms with van der Waals surface area (Å²) in [6, 6.07) is 0. The molecular formula is C14H18ClN3O2S. The SMILES string of the molecule is CSc1ncc(C#CCCNC(=O)OC(C)(C)C)c(Cl)n1. The highest BCUT2D eigenvalue weighted by molar-refractivity contribution is 7.98. The molecular weight excluding hydrogens is 310 g/mol. The summed E-state index contributed by atoms with van der Waals surface area (Å²) < 4.78 is 5.11. The van der Waals surface area contributed by atoms with Gasteiger partial charge in [-0.15, -0.1) is 0 Å². The Labute approximate surface area is 134 Å². The van der Waals surface area contributed by atoms with Gasteiger partial charge in [0.15, 0.2) is 5.16 Å². The summed E-state index contributed by atoms with van der Waals surface area (Å²) in [5.74, 6) is 5.78. The van der Waals surface area contributed by atoms with Crippen molar-refractivity contribution >= 4 is 29.5 Å². The molecule has 0 aliphatic rings. The molecule has 0 unspecified atom stereocenters. The van der Waals surface area contributed by atoms with E-state index in [9.17, 15) is 4.79 Å². The number of halogens is 1. The second kappa shape index (κ2) is 8.11. The second-order valence-electron chi connectivity index (χ2n) is 5.04. The van der Waals surface area contributed by atoms with Crippen LogP contribution in [0.2, 0.25) is 5.15 Å². The van der Waals surface area contributed by atoms with Gasteiger partial charge in [0.1, 0.15) is 10.8 Å². The maximum absolute atomic E-state index is 11.4. The van der Waals surface area contributed by atoms with Crippen LogP contribution in [-0.4, -0.2) is 34.5 Å². The lowest BCUT2D eigenvalue weighted by Gasteiger charge is -2.19. The van der Waals surface area contributed by atoms with Gasteiger partial charge in [0.05, 0.1) is 5.56 Å². The van der Waals surface area contributed by atoms with Gasteiger partial charge in [0.25, 0.3) is 0 Å². The highest BCUT2D eigenvalue weighted by atomic mass is 35.5. The lowest BCUT2D eigenvalue weighted by Crippen LogP contribution is -2.32. The van der Waals surface area contributed by atoms with Crippen molar-refractivity contribution in [3.8, 4) is 11.8 Å². The molecule has 0 bridgehead atoms. The summed E-state index contributed by atoms with van der Waals surface area (Å²) in [4.78, 5) is 19.6. The zero-order valence-electron chi connectivity index (χ0n) is 12.5. The van der Waals surface area contributed by atoms with Gasteiger partial charge >= 0.3 is 6.09 Å². The van der Waals surface area contributed by atoms with Gasteiger partial charge in [-0.3, -0.25) is 0 Å². The molecule has 5 nitrogen and oxygen atoms in total. The fraction of sp³-hybridized carbons (Fsp3) is 0.500. The van der Waals surface area contributed by atoms with Crippen LogP contribution in [0.3, 0.4) is 0 Å². The summed E-state index contributed by atoms with van der Waals surface area (Å²) >= 11 is 7.40. The van der Waals surface area contributed by atoms with E-state index in [0.29, 0.717) is 28.8 Å². The van der Waals surface area contributed by atoms with E-state index in [1.807, 2.05) is 27.0 Å². The number of carbonyl (C=O) groups is 1. The Balaban J connectivity index is 2.42. The van der Waals surface area contributed by atoms with Crippen LogP contribution in [0, 0.1) is 11.8 Å². The van der Waals surface area contributed by atoms with Crippen LogP contribution in [0.1, 0.15) is 32.8 Å². The van der Waals surface area contributed by atoms with Crippen LogP contribution in [0.5, 0.6) is 0 Å². The fourth-order valence-electron chi connectivity index (χ4n) is 1.23. The summed E-state index contributed by atoms with van der Waals surface area (Å²) in [5.41, 5.74) is 0.0753. The molecule has 1 rings (SSSR count). The molecule has 0 radical (unpaired) electrons. The molecule has 1 amide bonds. The van der Waals surface area contributed by atoms with Crippen LogP contribution in [0.25, 0.3) is 0 Å². The molecule has 0 aliphatic carbocycles. The Bertz CT molecular complexity index is 562. The number of thioether (sulfide) groups is 1. The number of nitrogens with one attached hydrogen (secondary N) is 1. The monoisotopic (exact) mass is 327 g/mol. The predicted molar refractivity (Wildman–Crippen MR) is 84.6 cm³/mol. The van der Waals surface area contributed by atoms with E-state index in [1.165, 1.54) is 11.8 Å². The van der Waals surface area contributed by atoms with Crippen LogP contribution >= 0.6 is 23.4 Å². The minimum Gasteiger partial charge on any atom is -0.444 e. The first kappa shape index (κ1) is 17.6. The first-order valence-corrected chi connectivity index (χ1v) is 7.94. The van der Waals surface area contributed by atoms with Crippen LogP contribution in [0.15, 0.2) is 11.4 Å². The number of amides is 1. The average Bonchev–Trinajstić information content (AvgIpc) is 2.37. The van der Waals surface area contributed by atoms with Crippen molar-refractivity contribution in [2.45, 2.75) is 37.9 Å². The molecule has 7 heteroatoms. The summed E-state index contributed by atoms with van der Waals surface area (Å²) in [6.07, 6.45) is 3.50. The fourth-order valence-corrected chi connectivity index (χ4v) is 1.79. The first-order valence-electron chi connectivity index (χ1n) is 6.34. The number of hydrogen-bond donors (Lipinski definition) is 1. The number of ether oxygens (including phenoxy) is 1. The normalized spacial score (nSPS) is 10.5. The van der Waals surface area contributed by atoms with E-state index < -0.39 is 11.7 Å². The van der Waals surface area contributed by atoms with Crippen LogP contribution in [-0.2, 0) is 4.74 Å². The van der Waals surface area contributed by atoms with E-state index in [1.54, 1.807) is 6.20 Å². The number of rotatable bonds is 3. The predicted octanol–water partition coefficient (Wildman–Crippen LogP) is 3.12. The number of alkyl carbamates (subject to hydrolysis) is 1. The largest absolute Gasteiger partial charge is 0.444 e. The van der Waals surface area contributed by atoms with Crippen molar-refractivity contribution in [3.63, 3.8) is 0 Å². The third kappa shape index (κ3) is 7.21. The summed E-state index contributed by atoms with van der Waals surface area (Å²) in [7, 11) is 0. The first-order chi connectivity index (χ1) is 9.81. The molecule has 1 aromatic heterocycles. The molecule has 1 aromatic rings. The standard InChI is InChI=1S/C14H18ClN3O2S/c1-14(2,3)20-13(19)16-8-6-5-7-10-9-17-12(21-4)18-11(10)15/h9H,6,8H2,1-4H3,(H,16,19). The molecule has 0 spiro atoms. The van der Waals surface area contributed by atoms with E-state index in [0.717, 1.165) is 0 Å². The van der Waals surface area contributed by atoms with Gasteiger partial charge in [0, 0.05) is 19.2 Å². The molecule has 114 valence electrons. The van der Waals surface area contributed by atoms with E-state index in [2.05, 4.69) is 27.1 Å². The van der Waals surface area contributed by atoms with Crippen molar-refractivity contribution in [2.75, 3.05) is 12.8 Å². The highest BCUT2D eigenvalue weighted by Crippen LogP contribution is 2.15. The molecule has 0 atom stereocenters. The van der Waals surface area contributed by atoms with E-state index in [4.69, 9.17) is 16.3 Å². The quantitative estimate of drug-likeness (QED) is 0.304.